The molecule has 48 heavy (non-hydrogen) atoms. The Morgan fingerprint density at radius 1 is 0.271 bits per heavy atom. The Kier molecular flexibility index (Phi) is 7.79. The molecule has 0 bridgehead atoms. The number of hydrogen-bond acceptors (Lipinski definition) is 6. The molecule has 0 aliphatic carbocycles. The lowest BCUT2D eigenvalue weighted by atomic mass is 10.0. The number of pyridine rings is 3. The van der Waals surface area contributed by atoms with Gasteiger partial charge in [-0.3, -0.25) is 9.97 Å². The van der Waals surface area contributed by atoms with E-state index in [4.69, 9.17) is 24.9 Å². The molecule has 4 heterocycles. The van der Waals surface area contributed by atoms with Crippen LogP contribution in [0.3, 0.4) is 0 Å². The van der Waals surface area contributed by atoms with Gasteiger partial charge in [-0.15, -0.1) is 0 Å². The predicted octanol–water partition coefficient (Wildman–Crippen LogP) is 9.73. The molecule has 0 spiro atoms. The first-order valence-corrected chi connectivity index (χ1v) is 15.7. The predicted molar refractivity (Wildman–Crippen MR) is 191 cm³/mol. The molecule has 8 aromatic rings. The third kappa shape index (κ3) is 6.10. The topological polar surface area (TPSA) is 77.3 Å². The Balaban J connectivity index is 1.18. The van der Waals surface area contributed by atoms with E-state index in [0.717, 1.165) is 61.7 Å². The van der Waals surface area contributed by atoms with Gasteiger partial charge < -0.3 is 0 Å². The van der Waals surface area contributed by atoms with Gasteiger partial charge in [0.25, 0.3) is 0 Å². The summed E-state index contributed by atoms with van der Waals surface area (Å²) in [5.41, 5.74) is 10.1. The molecule has 0 radical (unpaired) electrons. The van der Waals surface area contributed by atoms with Gasteiger partial charge in [0, 0.05) is 29.1 Å². The van der Waals surface area contributed by atoms with Gasteiger partial charge in [0.15, 0.2) is 17.5 Å². The summed E-state index contributed by atoms with van der Waals surface area (Å²) in [6.45, 7) is 0. The number of hydrogen-bond donors (Lipinski definition) is 0. The number of nitrogens with zero attached hydrogens (tertiary/aromatic N) is 6. The molecule has 226 valence electrons. The molecule has 6 nitrogen and oxygen atoms in total. The molecular weight excluding hydrogens is 589 g/mol. The maximum atomic E-state index is 4.97. The third-order valence-corrected chi connectivity index (χ3v) is 8.06. The zero-order valence-corrected chi connectivity index (χ0v) is 25.8. The van der Waals surface area contributed by atoms with E-state index in [2.05, 4.69) is 65.6 Å². The van der Waals surface area contributed by atoms with Gasteiger partial charge in [0.05, 0.1) is 22.8 Å². The summed E-state index contributed by atoms with van der Waals surface area (Å²) >= 11 is 0. The maximum Gasteiger partial charge on any atom is 0.165 e. The monoisotopic (exact) mass is 616 g/mol. The van der Waals surface area contributed by atoms with Crippen molar-refractivity contribution >= 4 is 0 Å². The fourth-order valence-corrected chi connectivity index (χ4v) is 5.58. The zero-order valence-electron chi connectivity index (χ0n) is 25.8. The van der Waals surface area contributed by atoms with E-state index in [0.29, 0.717) is 17.5 Å². The number of benzene rings is 4. The fourth-order valence-electron chi connectivity index (χ4n) is 5.58. The lowest BCUT2D eigenvalue weighted by molar-refractivity contribution is 1.07. The van der Waals surface area contributed by atoms with Crippen LogP contribution in [0.2, 0.25) is 0 Å². The molecule has 4 aromatic heterocycles. The van der Waals surface area contributed by atoms with Crippen molar-refractivity contribution in [1.82, 2.24) is 29.9 Å². The molecular formula is C42H28N6. The van der Waals surface area contributed by atoms with Crippen LogP contribution in [0.15, 0.2) is 170 Å². The largest absolute Gasteiger partial charge is 0.255 e. The van der Waals surface area contributed by atoms with Gasteiger partial charge >= 0.3 is 0 Å². The van der Waals surface area contributed by atoms with Crippen LogP contribution in [0.4, 0.5) is 0 Å². The SMILES string of the molecule is c1ccc(-c2ccc(-c3nc(-c4ccccc4)nc(-c4ccc(-c5cc(-c6ccccc6)cc(-c6ccccn6)n5)nc4)n3)cc2)cc1. The molecule has 6 heteroatoms. The van der Waals surface area contributed by atoms with Crippen molar-refractivity contribution in [2.75, 3.05) is 0 Å². The molecule has 0 saturated carbocycles. The van der Waals surface area contributed by atoms with Crippen molar-refractivity contribution in [1.29, 1.82) is 0 Å². The van der Waals surface area contributed by atoms with E-state index in [9.17, 15) is 0 Å². The average Bonchev–Trinajstić information content (AvgIpc) is 3.19. The highest BCUT2D eigenvalue weighted by Gasteiger charge is 2.15. The van der Waals surface area contributed by atoms with Crippen LogP contribution in [0, 0.1) is 0 Å². The van der Waals surface area contributed by atoms with Gasteiger partial charge in [-0.1, -0.05) is 121 Å². The average molecular weight is 617 g/mol. The van der Waals surface area contributed by atoms with E-state index in [1.165, 1.54) is 0 Å². The molecule has 0 fully saturated rings. The minimum Gasteiger partial charge on any atom is -0.255 e. The Labute approximate surface area is 278 Å². The molecule has 0 saturated heterocycles. The van der Waals surface area contributed by atoms with Crippen molar-refractivity contribution in [3.05, 3.63) is 170 Å². The van der Waals surface area contributed by atoms with E-state index in [-0.39, 0.29) is 0 Å². The first kappa shape index (κ1) is 28.8. The van der Waals surface area contributed by atoms with Gasteiger partial charge in [-0.2, -0.15) is 0 Å². The van der Waals surface area contributed by atoms with Crippen molar-refractivity contribution in [2.45, 2.75) is 0 Å². The lowest BCUT2D eigenvalue weighted by Crippen LogP contribution is -2.00. The van der Waals surface area contributed by atoms with E-state index < -0.39 is 0 Å². The molecule has 0 N–H and O–H groups in total. The fraction of sp³-hybridized carbons (Fsp3) is 0. The number of aromatic nitrogens is 6. The normalized spacial score (nSPS) is 10.9. The van der Waals surface area contributed by atoms with Crippen LogP contribution in [0.5, 0.6) is 0 Å². The van der Waals surface area contributed by atoms with Gasteiger partial charge in [0.2, 0.25) is 0 Å². The minimum atomic E-state index is 0.546. The third-order valence-electron chi connectivity index (χ3n) is 8.06. The Bertz CT molecular complexity index is 2240. The summed E-state index contributed by atoms with van der Waals surface area (Å²) in [4.78, 5) is 29.1. The highest BCUT2D eigenvalue weighted by Crippen LogP contribution is 2.31. The lowest BCUT2D eigenvalue weighted by Gasteiger charge is -2.11. The van der Waals surface area contributed by atoms with E-state index in [1.54, 1.807) is 12.4 Å². The summed E-state index contributed by atoms with van der Waals surface area (Å²) in [6.07, 6.45) is 3.59. The molecule has 0 atom stereocenters. The summed E-state index contributed by atoms with van der Waals surface area (Å²) in [7, 11) is 0. The van der Waals surface area contributed by atoms with E-state index in [1.807, 2.05) is 97.1 Å². The van der Waals surface area contributed by atoms with Crippen LogP contribution in [0.1, 0.15) is 0 Å². The highest BCUT2D eigenvalue weighted by atomic mass is 15.0. The summed E-state index contributed by atoms with van der Waals surface area (Å²) in [6, 6.07) is 52.8. The van der Waals surface area contributed by atoms with Crippen LogP contribution in [0.25, 0.3) is 79.2 Å². The molecule has 0 unspecified atom stereocenters. The van der Waals surface area contributed by atoms with Crippen molar-refractivity contribution in [3.8, 4) is 79.2 Å². The number of rotatable bonds is 7. The van der Waals surface area contributed by atoms with Crippen molar-refractivity contribution in [2.24, 2.45) is 0 Å². The second-order valence-corrected chi connectivity index (χ2v) is 11.3. The van der Waals surface area contributed by atoms with Crippen LogP contribution in [-0.2, 0) is 0 Å². The second kappa shape index (κ2) is 13.0. The van der Waals surface area contributed by atoms with E-state index >= 15 is 0 Å². The van der Waals surface area contributed by atoms with Gasteiger partial charge in [0.1, 0.15) is 0 Å². The van der Waals surface area contributed by atoms with Gasteiger partial charge in [-0.25, -0.2) is 19.9 Å². The Morgan fingerprint density at radius 3 is 1.25 bits per heavy atom. The maximum absolute atomic E-state index is 4.97. The van der Waals surface area contributed by atoms with Crippen LogP contribution < -0.4 is 0 Å². The van der Waals surface area contributed by atoms with Gasteiger partial charge in [-0.05, 0) is 58.7 Å². The molecule has 0 amide bonds. The van der Waals surface area contributed by atoms with Crippen LogP contribution in [-0.4, -0.2) is 29.9 Å². The van der Waals surface area contributed by atoms with Crippen molar-refractivity contribution in [3.63, 3.8) is 0 Å². The zero-order chi connectivity index (χ0) is 32.1. The summed E-state index contributed by atoms with van der Waals surface area (Å²) in [5.74, 6) is 1.74. The Hall–Kier alpha value is -6.66. The van der Waals surface area contributed by atoms with Crippen molar-refractivity contribution < 1.29 is 0 Å². The molecule has 0 aliphatic heterocycles. The second-order valence-electron chi connectivity index (χ2n) is 11.3. The highest BCUT2D eigenvalue weighted by molar-refractivity contribution is 5.76. The first-order chi connectivity index (χ1) is 23.8. The minimum absolute atomic E-state index is 0.546. The molecule has 8 rings (SSSR count). The van der Waals surface area contributed by atoms with Crippen LogP contribution >= 0.6 is 0 Å². The summed E-state index contributed by atoms with van der Waals surface area (Å²) in [5, 5.41) is 0. The quantitative estimate of drug-likeness (QED) is 0.177. The molecule has 4 aromatic carbocycles. The first-order valence-electron chi connectivity index (χ1n) is 15.7. The Morgan fingerprint density at radius 2 is 0.708 bits per heavy atom. The standard InChI is InChI=1S/C42H28N6/c1-4-12-29(13-5-1)31-19-21-33(22-20-31)41-46-40(32-16-8-3-9-17-32)47-42(48-41)34-23-24-37(44-28-34)39-27-35(30-14-6-2-7-15-30)26-38(45-39)36-18-10-11-25-43-36/h1-28H. The summed E-state index contributed by atoms with van der Waals surface area (Å²) < 4.78 is 0. The smallest absolute Gasteiger partial charge is 0.165 e. The molecule has 0 aliphatic rings.